The number of hydrogen-bond donors (Lipinski definition) is 0. The molecule has 23 heavy (non-hydrogen) atoms. The molecule has 0 aliphatic rings. The van der Waals surface area contributed by atoms with Gasteiger partial charge in [0, 0.05) is 0 Å². The van der Waals surface area contributed by atoms with Crippen LogP contribution in [0.25, 0.3) is 0 Å². The monoisotopic (exact) mass is 319 g/mol. The van der Waals surface area contributed by atoms with Crippen molar-refractivity contribution in [1.82, 2.24) is 0 Å². The molecule has 1 unspecified atom stereocenters. The summed E-state index contributed by atoms with van der Waals surface area (Å²) in [7, 11) is 0. The van der Waals surface area contributed by atoms with Crippen molar-refractivity contribution in [3.05, 3.63) is 40.0 Å². The smallest absolute Gasteiger partial charge is 0.292 e. The molecular weight excluding hydrogens is 288 g/mol. The van der Waals surface area contributed by atoms with Crippen LogP contribution >= 0.6 is 0 Å². The zero-order valence-electron chi connectivity index (χ0n) is 15.7. The minimum Gasteiger partial charge on any atom is -0.292 e. The molecule has 0 aliphatic heterocycles. The lowest BCUT2D eigenvalue weighted by atomic mass is 9.90. The van der Waals surface area contributed by atoms with Gasteiger partial charge in [-0.25, -0.2) is 4.79 Å². The highest BCUT2D eigenvalue weighted by Crippen LogP contribution is 2.27. The number of hydrogen-bond acceptors (Lipinski definition) is 3. The van der Waals surface area contributed by atoms with Gasteiger partial charge in [0.2, 0.25) is 0 Å². The SMILES string of the molecule is CCCCC([CH]OOC(=O)c1c(C)c(C)c(C)c(C)c1C)CC. The molecule has 1 aromatic rings. The predicted molar refractivity (Wildman–Crippen MR) is 94.2 cm³/mol. The molecule has 0 saturated heterocycles. The number of carbonyl (C=O) groups is 1. The topological polar surface area (TPSA) is 35.5 Å². The average molecular weight is 319 g/mol. The standard InChI is InChI=1S/C20H31O3/c1-8-10-11-18(9-2)12-22-23-20(21)19-16(6)14(4)13(3)15(5)17(19)7/h12,18H,8-11H2,1-7H3. The van der Waals surface area contributed by atoms with Gasteiger partial charge >= 0.3 is 5.97 Å². The molecule has 0 saturated carbocycles. The van der Waals surface area contributed by atoms with Gasteiger partial charge in [-0.2, -0.15) is 4.89 Å². The summed E-state index contributed by atoms with van der Waals surface area (Å²) in [6.45, 7) is 16.0. The first-order chi connectivity index (χ1) is 10.8. The third kappa shape index (κ3) is 4.81. The Morgan fingerprint density at radius 1 is 0.957 bits per heavy atom. The van der Waals surface area contributed by atoms with E-state index in [-0.39, 0.29) is 0 Å². The molecule has 0 spiro atoms. The molecule has 1 aromatic carbocycles. The second-order valence-electron chi connectivity index (χ2n) is 6.41. The highest BCUT2D eigenvalue weighted by molar-refractivity contribution is 5.93. The van der Waals surface area contributed by atoms with E-state index in [1.54, 1.807) is 6.61 Å². The van der Waals surface area contributed by atoms with Crippen LogP contribution < -0.4 is 0 Å². The summed E-state index contributed by atoms with van der Waals surface area (Å²) >= 11 is 0. The number of carbonyl (C=O) groups excluding carboxylic acids is 1. The van der Waals surface area contributed by atoms with Crippen LogP contribution in [0.3, 0.4) is 0 Å². The first-order valence-electron chi connectivity index (χ1n) is 8.62. The van der Waals surface area contributed by atoms with Crippen molar-refractivity contribution in [1.29, 1.82) is 0 Å². The van der Waals surface area contributed by atoms with E-state index in [1.807, 2.05) is 27.7 Å². The molecule has 129 valence electrons. The molecule has 0 fully saturated rings. The van der Waals surface area contributed by atoms with E-state index in [9.17, 15) is 4.79 Å². The third-order valence-electron chi connectivity index (χ3n) is 5.03. The molecular formula is C20H31O3. The largest absolute Gasteiger partial charge is 0.373 e. The van der Waals surface area contributed by atoms with E-state index in [0.717, 1.165) is 47.9 Å². The summed E-state index contributed by atoms with van der Waals surface area (Å²) in [5, 5.41) is 0. The Morgan fingerprint density at radius 3 is 1.96 bits per heavy atom. The Kier molecular flexibility index (Phi) is 7.77. The van der Waals surface area contributed by atoms with Crippen LogP contribution in [0.2, 0.25) is 0 Å². The highest BCUT2D eigenvalue weighted by Gasteiger charge is 2.20. The van der Waals surface area contributed by atoms with Gasteiger partial charge < -0.3 is 0 Å². The molecule has 1 radical (unpaired) electrons. The van der Waals surface area contributed by atoms with Gasteiger partial charge in [0.05, 0.1) is 5.56 Å². The van der Waals surface area contributed by atoms with Gasteiger partial charge in [-0.05, 0) is 74.8 Å². The summed E-state index contributed by atoms with van der Waals surface area (Å²) in [5.41, 5.74) is 6.07. The van der Waals surface area contributed by atoms with Crippen molar-refractivity contribution in [2.24, 2.45) is 5.92 Å². The third-order valence-corrected chi connectivity index (χ3v) is 5.03. The molecule has 0 amide bonds. The van der Waals surface area contributed by atoms with E-state index in [0.29, 0.717) is 11.5 Å². The average Bonchev–Trinajstić information content (AvgIpc) is 2.54. The molecule has 3 heteroatoms. The number of unbranched alkanes of at least 4 members (excludes halogenated alkanes) is 1. The normalized spacial score (nSPS) is 12.3. The first kappa shape index (κ1) is 19.7. The van der Waals surface area contributed by atoms with Crippen molar-refractivity contribution in [3.8, 4) is 0 Å². The molecule has 0 N–H and O–H groups in total. The Balaban J connectivity index is 2.76. The van der Waals surface area contributed by atoms with Gasteiger partial charge in [0.25, 0.3) is 0 Å². The zero-order chi connectivity index (χ0) is 17.6. The molecule has 0 heterocycles. The van der Waals surface area contributed by atoms with E-state index in [4.69, 9.17) is 9.78 Å². The zero-order valence-corrected chi connectivity index (χ0v) is 15.7. The first-order valence-corrected chi connectivity index (χ1v) is 8.62. The van der Waals surface area contributed by atoms with Crippen LogP contribution in [0, 0.1) is 47.1 Å². The van der Waals surface area contributed by atoms with Crippen molar-refractivity contribution < 1.29 is 14.6 Å². The molecule has 1 atom stereocenters. The number of rotatable bonds is 8. The van der Waals surface area contributed by atoms with Crippen molar-refractivity contribution in [2.75, 3.05) is 0 Å². The maximum atomic E-state index is 12.4. The van der Waals surface area contributed by atoms with Gasteiger partial charge in [0.15, 0.2) is 0 Å². The summed E-state index contributed by atoms with van der Waals surface area (Å²) < 4.78 is 0. The van der Waals surface area contributed by atoms with Crippen molar-refractivity contribution in [3.63, 3.8) is 0 Å². The summed E-state index contributed by atoms with van der Waals surface area (Å²) in [4.78, 5) is 22.6. The Morgan fingerprint density at radius 2 is 1.48 bits per heavy atom. The lowest BCUT2D eigenvalue weighted by Gasteiger charge is -2.17. The summed E-state index contributed by atoms with van der Waals surface area (Å²) in [6.07, 6.45) is 4.36. The minimum atomic E-state index is -0.409. The highest BCUT2D eigenvalue weighted by atomic mass is 17.2. The van der Waals surface area contributed by atoms with Crippen molar-refractivity contribution in [2.45, 2.75) is 74.1 Å². The fraction of sp³-hybridized carbons (Fsp3) is 0.600. The van der Waals surface area contributed by atoms with E-state index in [1.165, 1.54) is 5.56 Å². The second-order valence-corrected chi connectivity index (χ2v) is 6.41. The van der Waals surface area contributed by atoms with Gasteiger partial charge in [-0.15, -0.1) is 0 Å². The van der Waals surface area contributed by atoms with Gasteiger partial charge in [0.1, 0.15) is 6.61 Å². The van der Waals surface area contributed by atoms with Crippen molar-refractivity contribution >= 4 is 5.97 Å². The van der Waals surface area contributed by atoms with E-state index in [2.05, 4.69) is 20.8 Å². The van der Waals surface area contributed by atoms with E-state index < -0.39 is 5.97 Å². The predicted octanol–water partition coefficient (Wildman–Crippen LogP) is 5.70. The lowest BCUT2D eigenvalue weighted by molar-refractivity contribution is -0.219. The minimum absolute atomic E-state index is 0.325. The molecule has 0 aromatic heterocycles. The van der Waals surface area contributed by atoms with Crippen LogP contribution in [0.4, 0.5) is 0 Å². The molecule has 1 rings (SSSR count). The van der Waals surface area contributed by atoms with Crippen LogP contribution in [0.1, 0.15) is 77.7 Å². The molecule has 3 nitrogen and oxygen atoms in total. The Hall–Kier alpha value is -1.35. The Bertz CT molecular complexity index is 517. The van der Waals surface area contributed by atoms with Gasteiger partial charge in [-0.1, -0.05) is 33.1 Å². The quantitative estimate of drug-likeness (QED) is 0.456. The maximum absolute atomic E-state index is 12.4. The molecule has 0 bridgehead atoms. The Labute approximate surface area is 141 Å². The van der Waals surface area contributed by atoms with Gasteiger partial charge in [-0.3, -0.25) is 4.89 Å². The lowest BCUT2D eigenvalue weighted by Crippen LogP contribution is -2.14. The number of benzene rings is 1. The second kappa shape index (κ2) is 9.07. The fourth-order valence-corrected chi connectivity index (χ4v) is 2.83. The van der Waals surface area contributed by atoms with Crippen LogP contribution in [-0.4, -0.2) is 5.97 Å². The summed E-state index contributed by atoms with van der Waals surface area (Å²) in [6, 6.07) is 0. The van der Waals surface area contributed by atoms with E-state index >= 15 is 0 Å². The van der Waals surface area contributed by atoms with Crippen LogP contribution in [0.5, 0.6) is 0 Å². The maximum Gasteiger partial charge on any atom is 0.373 e. The molecule has 0 aliphatic carbocycles. The van der Waals surface area contributed by atoms with Crippen LogP contribution in [-0.2, 0) is 9.78 Å². The summed E-state index contributed by atoms with van der Waals surface area (Å²) in [5.74, 6) is -0.0840. The fourth-order valence-electron chi connectivity index (χ4n) is 2.83. The van der Waals surface area contributed by atoms with Crippen LogP contribution in [0.15, 0.2) is 0 Å².